The molecule has 0 radical (unpaired) electrons. The first-order valence-corrected chi connectivity index (χ1v) is 6.32. The topological polar surface area (TPSA) is 46.4 Å². The van der Waals surface area contributed by atoms with Crippen LogP contribution in [0.15, 0.2) is 24.5 Å². The molecule has 0 aliphatic carbocycles. The summed E-state index contributed by atoms with van der Waals surface area (Å²) in [6.45, 7) is 6.09. The zero-order chi connectivity index (χ0) is 13.1. The highest BCUT2D eigenvalue weighted by Gasteiger charge is 2.09. The van der Waals surface area contributed by atoms with Gasteiger partial charge in [-0.1, -0.05) is 6.92 Å². The number of carbonyl (C=O) groups excluding carboxylic acids is 1. The van der Waals surface area contributed by atoms with Crippen molar-refractivity contribution < 1.29 is 4.79 Å². The Balaban J connectivity index is 2.10. The SMILES string of the molecule is CCC(C)NC(=O)Cc1cn2ccc(C)cc2n1. The molecule has 1 N–H and O–H groups in total. The first-order chi connectivity index (χ1) is 8.58. The van der Waals surface area contributed by atoms with Gasteiger partial charge in [-0.05, 0) is 38.0 Å². The highest BCUT2D eigenvalue weighted by molar-refractivity contribution is 5.78. The highest BCUT2D eigenvalue weighted by atomic mass is 16.1. The van der Waals surface area contributed by atoms with Gasteiger partial charge in [-0.25, -0.2) is 4.98 Å². The maximum Gasteiger partial charge on any atom is 0.226 e. The van der Waals surface area contributed by atoms with Crippen molar-refractivity contribution in [3.8, 4) is 0 Å². The Hall–Kier alpha value is -1.84. The lowest BCUT2D eigenvalue weighted by molar-refractivity contribution is -0.121. The van der Waals surface area contributed by atoms with Crippen LogP contribution in [-0.4, -0.2) is 21.3 Å². The minimum Gasteiger partial charge on any atom is -0.353 e. The minimum atomic E-state index is 0.0319. The Bertz CT molecular complexity index is 559. The van der Waals surface area contributed by atoms with Crippen LogP contribution in [-0.2, 0) is 11.2 Å². The number of hydrogen-bond acceptors (Lipinski definition) is 2. The monoisotopic (exact) mass is 245 g/mol. The fraction of sp³-hybridized carbons (Fsp3) is 0.429. The summed E-state index contributed by atoms with van der Waals surface area (Å²) in [5.74, 6) is 0.0319. The standard InChI is InChI=1S/C14H19N3O/c1-4-11(3)15-14(18)8-12-9-17-6-5-10(2)7-13(17)16-12/h5-7,9,11H,4,8H2,1-3H3,(H,15,18). The summed E-state index contributed by atoms with van der Waals surface area (Å²) in [5.41, 5.74) is 2.87. The Morgan fingerprint density at radius 3 is 3.06 bits per heavy atom. The first-order valence-electron chi connectivity index (χ1n) is 6.32. The number of nitrogens with one attached hydrogen (secondary N) is 1. The molecule has 4 nitrogen and oxygen atoms in total. The van der Waals surface area contributed by atoms with E-state index in [1.54, 1.807) is 0 Å². The quantitative estimate of drug-likeness (QED) is 0.896. The van der Waals surface area contributed by atoms with Gasteiger partial charge in [0, 0.05) is 18.4 Å². The molecule has 2 heterocycles. The van der Waals surface area contributed by atoms with Gasteiger partial charge in [0.2, 0.25) is 5.91 Å². The van der Waals surface area contributed by atoms with Gasteiger partial charge in [0.25, 0.3) is 0 Å². The maximum absolute atomic E-state index is 11.8. The van der Waals surface area contributed by atoms with E-state index in [1.807, 2.05) is 42.8 Å². The molecule has 0 aromatic carbocycles. The third-order valence-electron chi connectivity index (χ3n) is 3.03. The molecule has 2 rings (SSSR count). The average molecular weight is 245 g/mol. The van der Waals surface area contributed by atoms with Gasteiger partial charge < -0.3 is 9.72 Å². The Kier molecular flexibility index (Phi) is 3.65. The van der Waals surface area contributed by atoms with Crippen molar-refractivity contribution in [2.45, 2.75) is 39.7 Å². The minimum absolute atomic E-state index is 0.0319. The normalized spacial score (nSPS) is 12.6. The number of carbonyl (C=O) groups is 1. The van der Waals surface area contributed by atoms with E-state index in [9.17, 15) is 4.79 Å². The van der Waals surface area contributed by atoms with Crippen LogP contribution >= 0.6 is 0 Å². The molecule has 0 aliphatic heterocycles. The average Bonchev–Trinajstić information content (AvgIpc) is 2.69. The number of fused-ring (bicyclic) bond motifs is 1. The molecule has 0 spiro atoms. The van der Waals surface area contributed by atoms with Gasteiger partial charge >= 0.3 is 0 Å². The number of rotatable bonds is 4. The molecule has 1 amide bonds. The number of pyridine rings is 1. The second-order valence-corrected chi connectivity index (χ2v) is 4.76. The number of hydrogen-bond donors (Lipinski definition) is 1. The van der Waals surface area contributed by atoms with Crippen LogP contribution in [0.1, 0.15) is 31.5 Å². The summed E-state index contributed by atoms with van der Waals surface area (Å²) in [6.07, 6.45) is 5.15. The van der Waals surface area contributed by atoms with Gasteiger partial charge in [0.1, 0.15) is 5.65 Å². The van der Waals surface area contributed by atoms with Gasteiger partial charge in [-0.15, -0.1) is 0 Å². The van der Waals surface area contributed by atoms with E-state index in [0.29, 0.717) is 6.42 Å². The molecule has 0 saturated carbocycles. The second-order valence-electron chi connectivity index (χ2n) is 4.76. The molecule has 1 atom stereocenters. The third kappa shape index (κ3) is 2.88. The van der Waals surface area contributed by atoms with Crippen LogP contribution < -0.4 is 5.32 Å². The lowest BCUT2D eigenvalue weighted by Crippen LogP contribution is -2.33. The lowest BCUT2D eigenvalue weighted by atomic mass is 10.2. The smallest absolute Gasteiger partial charge is 0.226 e. The van der Waals surface area contributed by atoms with Crippen LogP contribution in [0.2, 0.25) is 0 Å². The zero-order valence-corrected chi connectivity index (χ0v) is 11.1. The molecule has 4 heteroatoms. The number of imidazole rings is 1. The van der Waals surface area contributed by atoms with Gasteiger partial charge in [0.15, 0.2) is 0 Å². The van der Waals surface area contributed by atoms with E-state index in [1.165, 1.54) is 5.56 Å². The molecular formula is C14H19N3O. The third-order valence-corrected chi connectivity index (χ3v) is 3.03. The van der Waals surface area contributed by atoms with Crippen LogP contribution in [0.5, 0.6) is 0 Å². The van der Waals surface area contributed by atoms with E-state index in [2.05, 4.69) is 17.2 Å². The van der Waals surface area contributed by atoms with Crippen molar-refractivity contribution in [3.63, 3.8) is 0 Å². The molecule has 0 aliphatic rings. The maximum atomic E-state index is 11.8. The Labute approximate surface area is 107 Å². The summed E-state index contributed by atoms with van der Waals surface area (Å²) < 4.78 is 1.94. The van der Waals surface area contributed by atoms with E-state index in [0.717, 1.165) is 17.8 Å². The molecule has 96 valence electrons. The number of aromatic nitrogens is 2. The van der Waals surface area contributed by atoms with Crippen LogP contribution in [0.25, 0.3) is 5.65 Å². The van der Waals surface area contributed by atoms with Gasteiger partial charge in [-0.2, -0.15) is 0 Å². The van der Waals surface area contributed by atoms with Crippen LogP contribution in [0.4, 0.5) is 0 Å². The molecular weight excluding hydrogens is 226 g/mol. The number of aryl methyl sites for hydroxylation is 1. The Morgan fingerprint density at radius 1 is 1.56 bits per heavy atom. The van der Waals surface area contributed by atoms with Crippen molar-refractivity contribution in [1.29, 1.82) is 0 Å². The first kappa shape index (κ1) is 12.6. The van der Waals surface area contributed by atoms with Crippen molar-refractivity contribution in [3.05, 3.63) is 35.8 Å². The van der Waals surface area contributed by atoms with E-state index < -0.39 is 0 Å². The fourth-order valence-corrected chi connectivity index (χ4v) is 1.81. The van der Waals surface area contributed by atoms with Crippen molar-refractivity contribution in [2.24, 2.45) is 0 Å². The molecule has 0 fully saturated rings. The van der Waals surface area contributed by atoms with Crippen LogP contribution in [0.3, 0.4) is 0 Å². The summed E-state index contributed by atoms with van der Waals surface area (Å²) in [6, 6.07) is 4.25. The highest BCUT2D eigenvalue weighted by Crippen LogP contribution is 2.08. The summed E-state index contributed by atoms with van der Waals surface area (Å²) >= 11 is 0. The van der Waals surface area contributed by atoms with Gasteiger partial charge in [-0.3, -0.25) is 4.79 Å². The predicted octanol–water partition coefficient (Wildman–Crippen LogP) is 2.10. The van der Waals surface area contributed by atoms with E-state index in [4.69, 9.17) is 0 Å². The van der Waals surface area contributed by atoms with Crippen LogP contribution in [0, 0.1) is 6.92 Å². The molecule has 18 heavy (non-hydrogen) atoms. The van der Waals surface area contributed by atoms with Crippen molar-refractivity contribution in [2.75, 3.05) is 0 Å². The molecule has 2 aromatic heterocycles. The fourth-order valence-electron chi connectivity index (χ4n) is 1.81. The number of amides is 1. The van der Waals surface area contributed by atoms with Crippen molar-refractivity contribution in [1.82, 2.24) is 14.7 Å². The van der Waals surface area contributed by atoms with Gasteiger partial charge in [0.05, 0.1) is 12.1 Å². The van der Waals surface area contributed by atoms with E-state index in [-0.39, 0.29) is 11.9 Å². The zero-order valence-electron chi connectivity index (χ0n) is 11.1. The predicted molar refractivity (Wildman–Crippen MR) is 71.5 cm³/mol. The molecule has 1 unspecified atom stereocenters. The molecule has 0 saturated heterocycles. The number of nitrogens with zero attached hydrogens (tertiary/aromatic N) is 2. The summed E-state index contributed by atoms with van der Waals surface area (Å²) in [4.78, 5) is 16.2. The largest absolute Gasteiger partial charge is 0.353 e. The lowest BCUT2D eigenvalue weighted by Gasteiger charge is -2.09. The van der Waals surface area contributed by atoms with Crippen molar-refractivity contribution >= 4 is 11.6 Å². The summed E-state index contributed by atoms with van der Waals surface area (Å²) in [5, 5.41) is 2.95. The molecule has 0 bridgehead atoms. The van der Waals surface area contributed by atoms with E-state index >= 15 is 0 Å². The Morgan fingerprint density at radius 2 is 2.33 bits per heavy atom. The second kappa shape index (κ2) is 5.21. The molecule has 2 aromatic rings. The summed E-state index contributed by atoms with van der Waals surface area (Å²) in [7, 11) is 0.